The van der Waals surface area contributed by atoms with Crippen LogP contribution in [0.5, 0.6) is 0 Å². The van der Waals surface area contributed by atoms with E-state index in [0.717, 1.165) is 128 Å². The third-order valence-corrected chi connectivity index (χ3v) is 16.8. The lowest BCUT2D eigenvalue weighted by molar-refractivity contribution is -0.305. The molecular weight excluding hydrogens is 1130 g/mol. The van der Waals surface area contributed by atoms with Gasteiger partial charge in [-0.15, -0.1) is 0 Å². The second-order valence-electron chi connectivity index (χ2n) is 25.3. The van der Waals surface area contributed by atoms with Gasteiger partial charge < -0.3 is 45.1 Å². The number of esters is 1. The van der Waals surface area contributed by atoms with Crippen molar-refractivity contribution >= 4 is 11.9 Å². The van der Waals surface area contributed by atoms with Gasteiger partial charge in [0.15, 0.2) is 12.4 Å². The van der Waals surface area contributed by atoms with E-state index in [4.69, 9.17) is 14.2 Å². The van der Waals surface area contributed by atoms with Gasteiger partial charge in [0.25, 0.3) is 0 Å². The predicted octanol–water partition coefficient (Wildman–Crippen LogP) is 19.7. The maximum absolute atomic E-state index is 13.5. The van der Waals surface area contributed by atoms with Crippen molar-refractivity contribution in [2.45, 2.75) is 359 Å². The van der Waals surface area contributed by atoms with Crippen molar-refractivity contribution < 1.29 is 49.3 Å². The molecule has 11 nitrogen and oxygen atoms in total. The molecule has 1 rings (SSSR count). The molecule has 0 aromatic carbocycles. The van der Waals surface area contributed by atoms with Crippen LogP contribution in [-0.2, 0) is 23.8 Å². The zero-order valence-electron chi connectivity index (χ0n) is 58.2. The summed E-state index contributed by atoms with van der Waals surface area (Å²) in [5.74, 6) is -1.21. The average molecular weight is 1270 g/mol. The molecule has 11 heteroatoms. The van der Waals surface area contributed by atoms with Gasteiger partial charge in [-0.05, 0) is 116 Å². The van der Waals surface area contributed by atoms with Crippen LogP contribution in [0.2, 0.25) is 0 Å². The molecule has 1 amide bonds. The summed E-state index contributed by atoms with van der Waals surface area (Å²) >= 11 is 0. The Balaban J connectivity index is 2.53. The second kappa shape index (κ2) is 66.1. The van der Waals surface area contributed by atoms with Crippen LogP contribution in [0.25, 0.3) is 0 Å². The molecule has 0 aliphatic carbocycles. The van der Waals surface area contributed by atoms with Gasteiger partial charge in [-0.2, -0.15) is 0 Å². The van der Waals surface area contributed by atoms with Gasteiger partial charge in [0.1, 0.15) is 24.4 Å². The van der Waals surface area contributed by atoms with Crippen LogP contribution >= 0.6 is 0 Å². The molecular formula is C80H137NO10. The molecule has 1 aliphatic rings. The van der Waals surface area contributed by atoms with Crippen molar-refractivity contribution in [3.05, 3.63) is 122 Å². The van der Waals surface area contributed by atoms with E-state index in [-0.39, 0.29) is 19.4 Å². The molecule has 0 aromatic heterocycles. The molecule has 1 aliphatic heterocycles. The van der Waals surface area contributed by atoms with Crippen LogP contribution in [0.1, 0.15) is 310 Å². The van der Waals surface area contributed by atoms with Crippen LogP contribution < -0.4 is 5.32 Å². The lowest BCUT2D eigenvalue weighted by atomic mass is 9.99. The third-order valence-electron chi connectivity index (χ3n) is 16.8. The van der Waals surface area contributed by atoms with Crippen LogP contribution in [-0.4, -0.2) is 99.6 Å². The van der Waals surface area contributed by atoms with E-state index in [9.17, 15) is 35.1 Å². The molecule has 1 fully saturated rings. The predicted molar refractivity (Wildman–Crippen MR) is 384 cm³/mol. The number of amides is 1. The first kappa shape index (κ1) is 85.1. The van der Waals surface area contributed by atoms with Gasteiger partial charge in [-0.25, -0.2) is 0 Å². The summed E-state index contributed by atoms with van der Waals surface area (Å²) in [5, 5.41) is 57.3. The van der Waals surface area contributed by atoms with E-state index < -0.39 is 67.4 Å². The number of hydrogen-bond acceptors (Lipinski definition) is 10. The van der Waals surface area contributed by atoms with Gasteiger partial charge in [0.05, 0.1) is 25.4 Å². The lowest BCUT2D eigenvalue weighted by Crippen LogP contribution is -2.61. The molecule has 0 aromatic rings. The summed E-state index contributed by atoms with van der Waals surface area (Å²) in [4.78, 5) is 26.7. The number of unbranched alkanes of at least 4 members (excludes halogenated alkanes) is 31. The molecule has 8 unspecified atom stereocenters. The Bertz CT molecular complexity index is 1950. The number of carbonyl (C=O) groups excluding carboxylic acids is 2. The Kier molecular flexibility index (Phi) is 61.8. The maximum Gasteiger partial charge on any atom is 0.306 e. The maximum atomic E-state index is 13.5. The van der Waals surface area contributed by atoms with Crippen LogP contribution in [0.3, 0.4) is 0 Å². The first-order valence-electron chi connectivity index (χ1n) is 37.3. The van der Waals surface area contributed by atoms with Crippen molar-refractivity contribution in [1.29, 1.82) is 0 Å². The van der Waals surface area contributed by atoms with Crippen LogP contribution in [0.15, 0.2) is 122 Å². The summed E-state index contributed by atoms with van der Waals surface area (Å²) in [6.45, 7) is 5.66. The quantitative estimate of drug-likeness (QED) is 0.0195. The molecule has 0 spiro atoms. The van der Waals surface area contributed by atoms with E-state index in [1.165, 1.54) is 135 Å². The molecule has 8 atom stereocenters. The minimum absolute atomic E-state index is 0.107. The summed E-state index contributed by atoms with van der Waals surface area (Å²) in [6.07, 6.45) is 82.4. The largest absolute Gasteiger partial charge is 0.454 e. The van der Waals surface area contributed by atoms with Gasteiger partial charge in [0.2, 0.25) is 5.91 Å². The molecule has 1 saturated heterocycles. The summed E-state index contributed by atoms with van der Waals surface area (Å²) in [5.41, 5.74) is 0. The van der Waals surface area contributed by atoms with Gasteiger partial charge in [-0.3, -0.25) is 9.59 Å². The van der Waals surface area contributed by atoms with E-state index in [1.807, 2.05) is 6.08 Å². The molecule has 0 saturated carbocycles. The summed E-state index contributed by atoms with van der Waals surface area (Å²) in [7, 11) is 0. The first-order chi connectivity index (χ1) is 44.7. The Labute approximate surface area is 557 Å². The first-order valence-corrected chi connectivity index (χ1v) is 37.3. The highest BCUT2D eigenvalue weighted by Crippen LogP contribution is 2.26. The van der Waals surface area contributed by atoms with E-state index in [0.29, 0.717) is 12.8 Å². The Hall–Kier alpha value is -3.94. The summed E-state index contributed by atoms with van der Waals surface area (Å²) < 4.78 is 17.7. The molecule has 6 N–H and O–H groups in total. The highest BCUT2D eigenvalue weighted by atomic mass is 16.7. The third kappa shape index (κ3) is 53.1. The van der Waals surface area contributed by atoms with E-state index in [1.54, 1.807) is 6.08 Å². The molecule has 91 heavy (non-hydrogen) atoms. The second-order valence-corrected chi connectivity index (χ2v) is 25.3. The van der Waals surface area contributed by atoms with Crippen molar-refractivity contribution in [3.63, 3.8) is 0 Å². The fourth-order valence-corrected chi connectivity index (χ4v) is 11.0. The number of nitrogens with one attached hydrogen (secondary N) is 1. The standard InChI is InChI=1S/C80H137NO10/c1-4-7-10-13-16-19-22-24-26-28-30-32-34-36-37-38-40-42-44-46-48-50-53-56-59-62-65-68-75(85)91-78-77(87)76(86)74(69-82)90-80(78)89-70-71(72(83)66-63-60-57-54-51-21-18-15-12-9-6-3)81-79(88)73(84)67-64-61-58-55-52-49-47-45-43-41-39-35-33-31-29-27-25-23-20-17-14-11-8-5-2/h7,10,16-17,19-20,24-27,30-33,36-37,40,42,63,66,71-74,76-78,80,82-84,86-87H,4-6,8-9,11-15,18,21-23,28-29,34-35,38-39,41,43-62,64-65,67-70H2,1-3H3,(H,81,88)/b10-7-,19-16-,20-17-,26-24-,27-25-,32-30-,33-31-,37-36-,42-40-,66-63+. The topological polar surface area (TPSA) is 175 Å². The highest BCUT2D eigenvalue weighted by molar-refractivity contribution is 5.80. The zero-order valence-corrected chi connectivity index (χ0v) is 58.2. The minimum Gasteiger partial charge on any atom is -0.454 e. The van der Waals surface area contributed by atoms with Crippen LogP contribution in [0.4, 0.5) is 0 Å². The number of carbonyl (C=O) groups is 2. The SMILES string of the molecule is CC/C=C\C/C=C\C/C=C\C/C=C\C/C=C\C/C=C\CCCCCCCCCCC(=O)OC1C(OCC(NC(=O)C(O)CCCCCCCCCCCCC/C=C\C/C=C\C/C=C\CCCCC)C(O)/C=C/CCCCCCCCCCC)OC(CO)C(O)C1O. The monoisotopic (exact) mass is 1270 g/mol. The van der Waals surface area contributed by atoms with Gasteiger partial charge >= 0.3 is 5.97 Å². The normalized spacial score (nSPS) is 18.7. The van der Waals surface area contributed by atoms with E-state index >= 15 is 0 Å². The fourth-order valence-electron chi connectivity index (χ4n) is 11.0. The number of rotatable bonds is 63. The number of ether oxygens (including phenoxy) is 3. The van der Waals surface area contributed by atoms with Crippen molar-refractivity contribution in [3.8, 4) is 0 Å². The number of aliphatic hydroxyl groups is 5. The Morgan fingerprint density at radius 2 is 0.791 bits per heavy atom. The zero-order chi connectivity index (χ0) is 66.0. The highest BCUT2D eigenvalue weighted by Gasteiger charge is 2.47. The summed E-state index contributed by atoms with van der Waals surface area (Å²) in [6, 6.07) is -1.03. The molecule has 0 radical (unpaired) electrons. The number of hydrogen-bond donors (Lipinski definition) is 6. The smallest absolute Gasteiger partial charge is 0.306 e. The van der Waals surface area contributed by atoms with Crippen molar-refractivity contribution in [2.24, 2.45) is 0 Å². The van der Waals surface area contributed by atoms with Crippen molar-refractivity contribution in [2.75, 3.05) is 13.2 Å². The number of aliphatic hydroxyl groups excluding tert-OH is 5. The Morgan fingerprint density at radius 3 is 1.21 bits per heavy atom. The fraction of sp³-hybridized carbons (Fsp3) is 0.725. The Morgan fingerprint density at radius 1 is 0.440 bits per heavy atom. The van der Waals surface area contributed by atoms with Gasteiger partial charge in [-0.1, -0.05) is 309 Å². The number of allylic oxidation sites excluding steroid dienone is 19. The van der Waals surface area contributed by atoms with Crippen molar-refractivity contribution in [1.82, 2.24) is 5.32 Å². The molecule has 522 valence electrons. The van der Waals surface area contributed by atoms with E-state index in [2.05, 4.69) is 135 Å². The molecule has 0 bridgehead atoms. The lowest BCUT2D eigenvalue weighted by Gasteiger charge is -2.41. The van der Waals surface area contributed by atoms with Crippen LogP contribution in [0, 0.1) is 0 Å². The molecule has 1 heterocycles. The van der Waals surface area contributed by atoms with Gasteiger partial charge in [0, 0.05) is 6.42 Å². The average Bonchev–Trinajstić information content (AvgIpc) is 1.14. The minimum atomic E-state index is -1.63.